The van der Waals surface area contributed by atoms with Crippen LogP contribution in [0.4, 0.5) is 0 Å². The van der Waals surface area contributed by atoms with Crippen molar-refractivity contribution in [2.24, 2.45) is 0 Å². The number of hydroxylamine groups is 1. The summed E-state index contributed by atoms with van der Waals surface area (Å²) in [7, 11) is 0. The third-order valence-corrected chi connectivity index (χ3v) is 3.33. The van der Waals surface area contributed by atoms with Gasteiger partial charge in [-0.25, -0.2) is 4.79 Å². The number of carbonyl (C=O) groups is 1. The summed E-state index contributed by atoms with van der Waals surface area (Å²) in [6.45, 7) is 0. The van der Waals surface area contributed by atoms with E-state index in [2.05, 4.69) is 17.6 Å². The molecule has 1 aliphatic carbocycles. The van der Waals surface area contributed by atoms with Gasteiger partial charge in [-0.2, -0.15) is 0 Å². The van der Waals surface area contributed by atoms with Crippen molar-refractivity contribution in [2.75, 3.05) is 0 Å². The molecule has 1 aliphatic rings. The summed E-state index contributed by atoms with van der Waals surface area (Å²) in [6, 6.07) is 19.5. The first-order chi connectivity index (χ1) is 9.34. The van der Waals surface area contributed by atoms with Crippen LogP contribution in [-0.2, 0) is 4.84 Å². The van der Waals surface area contributed by atoms with Gasteiger partial charge in [0.2, 0.25) is 0 Å². The van der Waals surface area contributed by atoms with Crippen LogP contribution in [0.25, 0.3) is 0 Å². The monoisotopic (exact) mass is 253 g/mol. The molecule has 0 saturated heterocycles. The van der Waals surface area contributed by atoms with Crippen LogP contribution in [0.1, 0.15) is 28.3 Å². The topological polar surface area (TPSA) is 38.3 Å². The Morgan fingerprint density at radius 2 is 1.63 bits per heavy atom. The van der Waals surface area contributed by atoms with Crippen molar-refractivity contribution < 1.29 is 9.63 Å². The summed E-state index contributed by atoms with van der Waals surface area (Å²) in [6.07, 6.45) is 1.01. The quantitative estimate of drug-likeness (QED) is 0.851. The molecule has 0 spiro atoms. The second-order valence-electron chi connectivity index (χ2n) is 4.73. The van der Waals surface area contributed by atoms with Gasteiger partial charge in [-0.1, -0.05) is 48.5 Å². The van der Waals surface area contributed by atoms with E-state index >= 15 is 0 Å². The Hall–Kier alpha value is -2.13. The molecule has 0 bridgehead atoms. The highest BCUT2D eigenvalue weighted by Crippen LogP contribution is 2.40. The zero-order valence-corrected chi connectivity index (χ0v) is 10.5. The predicted octanol–water partition coefficient (Wildman–Crippen LogP) is 2.90. The summed E-state index contributed by atoms with van der Waals surface area (Å²) in [5, 5.41) is 0. The molecular weight excluding hydrogens is 238 g/mol. The van der Waals surface area contributed by atoms with Crippen LogP contribution >= 0.6 is 0 Å². The Balaban J connectivity index is 1.51. The van der Waals surface area contributed by atoms with Gasteiger partial charge in [0.05, 0.1) is 11.6 Å². The number of rotatable bonds is 4. The van der Waals surface area contributed by atoms with Crippen LogP contribution < -0.4 is 5.48 Å². The molecule has 1 N–H and O–H groups in total. The van der Waals surface area contributed by atoms with Gasteiger partial charge in [0, 0.05) is 5.92 Å². The Morgan fingerprint density at radius 3 is 2.32 bits per heavy atom. The van der Waals surface area contributed by atoms with Crippen LogP contribution in [0.3, 0.4) is 0 Å². The second kappa shape index (κ2) is 5.24. The molecule has 2 aromatic rings. The van der Waals surface area contributed by atoms with Crippen molar-refractivity contribution in [1.82, 2.24) is 5.48 Å². The molecule has 3 heteroatoms. The van der Waals surface area contributed by atoms with E-state index in [1.165, 1.54) is 5.56 Å². The van der Waals surface area contributed by atoms with Gasteiger partial charge in [-0.05, 0) is 24.1 Å². The van der Waals surface area contributed by atoms with Gasteiger partial charge >= 0.3 is 5.97 Å². The first-order valence-corrected chi connectivity index (χ1v) is 6.41. The molecule has 0 heterocycles. The number of hydrogen-bond acceptors (Lipinski definition) is 3. The molecule has 0 amide bonds. The van der Waals surface area contributed by atoms with E-state index in [1.54, 1.807) is 12.1 Å². The molecule has 0 radical (unpaired) electrons. The first-order valence-electron chi connectivity index (χ1n) is 6.41. The Morgan fingerprint density at radius 1 is 1.00 bits per heavy atom. The highest BCUT2D eigenvalue weighted by Gasteiger charge is 2.39. The van der Waals surface area contributed by atoms with Crippen molar-refractivity contribution in [3.8, 4) is 0 Å². The van der Waals surface area contributed by atoms with E-state index in [-0.39, 0.29) is 12.0 Å². The van der Waals surface area contributed by atoms with E-state index in [0.29, 0.717) is 11.5 Å². The third kappa shape index (κ3) is 2.83. The van der Waals surface area contributed by atoms with Crippen molar-refractivity contribution in [3.63, 3.8) is 0 Å². The van der Waals surface area contributed by atoms with Gasteiger partial charge in [-0.15, -0.1) is 5.48 Å². The molecule has 96 valence electrons. The lowest BCUT2D eigenvalue weighted by molar-refractivity contribution is 0.0232. The highest BCUT2D eigenvalue weighted by atomic mass is 16.7. The third-order valence-electron chi connectivity index (χ3n) is 3.33. The van der Waals surface area contributed by atoms with Gasteiger partial charge in [-0.3, -0.25) is 0 Å². The van der Waals surface area contributed by atoms with Crippen LogP contribution in [0.15, 0.2) is 60.7 Å². The molecule has 0 aromatic heterocycles. The molecule has 3 rings (SSSR count). The molecule has 1 saturated carbocycles. The summed E-state index contributed by atoms with van der Waals surface area (Å²) < 4.78 is 0. The van der Waals surface area contributed by atoms with Crippen LogP contribution in [0.2, 0.25) is 0 Å². The van der Waals surface area contributed by atoms with Gasteiger partial charge in [0.25, 0.3) is 0 Å². The minimum Gasteiger partial charge on any atom is -0.366 e. The molecule has 1 fully saturated rings. The van der Waals surface area contributed by atoms with E-state index in [9.17, 15) is 4.79 Å². The maximum absolute atomic E-state index is 11.7. The molecule has 2 aromatic carbocycles. The summed E-state index contributed by atoms with van der Waals surface area (Å²) in [5.41, 5.74) is 4.70. The van der Waals surface area contributed by atoms with Crippen molar-refractivity contribution in [3.05, 3.63) is 71.8 Å². The average Bonchev–Trinajstić information content (AvgIpc) is 3.26. The largest absolute Gasteiger partial charge is 0.366 e. The molecule has 3 nitrogen and oxygen atoms in total. The number of nitrogens with one attached hydrogen (secondary N) is 1. The van der Waals surface area contributed by atoms with Gasteiger partial charge in [0.1, 0.15) is 0 Å². The van der Waals surface area contributed by atoms with Crippen LogP contribution in [-0.4, -0.2) is 12.0 Å². The molecule has 19 heavy (non-hydrogen) atoms. The predicted molar refractivity (Wildman–Crippen MR) is 72.6 cm³/mol. The minimum absolute atomic E-state index is 0.232. The SMILES string of the molecule is O=C(ONC1CC1c1ccccc1)c1ccccc1. The zero-order chi connectivity index (χ0) is 13.1. The lowest BCUT2D eigenvalue weighted by Gasteiger charge is -2.05. The molecule has 2 unspecified atom stereocenters. The van der Waals surface area contributed by atoms with Gasteiger partial charge in [0.15, 0.2) is 0 Å². The smallest absolute Gasteiger partial charge is 0.356 e. The molecule has 2 atom stereocenters. The van der Waals surface area contributed by atoms with Crippen LogP contribution in [0.5, 0.6) is 0 Å². The Kier molecular flexibility index (Phi) is 3.29. The summed E-state index contributed by atoms with van der Waals surface area (Å²) in [4.78, 5) is 16.9. The molecular formula is C16H15NO2. The maximum atomic E-state index is 11.7. The Labute approximate surface area is 112 Å². The number of hydrogen-bond donors (Lipinski definition) is 1. The van der Waals surface area contributed by atoms with Crippen molar-refractivity contribution in [1.29, 1.82) is 0 Å². The molecule has 0 aliphatic heterocycles. The normalized spacial score (nSPS) is 20.8. The van der Waals surface area contributed by atoms with Crippen molar-refractivity contribution >= 4 is 5.97 Å². The summed E-state index contributed by atoms with van der Waals surface area (Å²) >= 11 is 0. The fraction of sp³-hybridized carbons (Fsp3) is 0.188. The van der Waals surface area contributed by atoms with E-state index in [1.807, 2.05) is 36.4 Å². The van der Waals surface area contributed by atoms with E-state index in [4.69, 9.17) is 4.84 Å². The number of benzene rings is 2. The standard InChI is InChI=1S/C16H15NO2/c18-16(13-9-5-2-6-10-13)19-17-15-11-14(15)12-7-3-1-4-8-12/h1-10,14-15,17H,11H2. The van der Waals surface area contributed by atoms with Crippen molar-refractivity contribution in [2.45, 2.75) is 18.4 Å². The maximum Gasteiger partial charge on any atom is 0.356 e. The second-order valence-corrected chi connectivity index (χ2v) is 4.73. The lowest BCUT2D eigenvalue weighted by Crippen LogP contribution is -2.23. The minimum atomic E-state index is -0.334. The Bertz CT molecular complexity index is 553. The van der Waals surface area contributed by atoms with Crippen LogP contribution in [0, 0.1) is 0 Å². The summed E-state index contributed by atoms with van der Waals surface area (Å²) in [5.74, 6) is 0.115. The lowest BCUT2D eigenvalue weighted by atomic mass is 10.1. The zero-order valence-electron chi connectivity index (χ0n) is 10.5. The fourth-order valence-electron chi connectivity index (χ4n) is 2.16. The highest BCUT2D eigenvalue weighted by molar-refractivity contribution is 5.89. The average molecular weight is 253 g/mol. The van der Waals surface area contributed by atoms with E-state index in [0.717, 1.165) is 6.42 Å². The number of carbonyl (C=O) groups excluding carboxylic acids is 1. The van der Waals surface area contributed by atoms with Gasteiger partial charge < -0.3 is 4.84 Å². The fourth-order valence-corrected chi connectivity index (χ4v) is 2.16. The first kappa shape index (κ1) is 11.9. The van der Waals surface area contributed by atoms with E-state index < -0.39 is 0 Å².